The molecule has 2 N–H and O–H groups in total. The lowest BCUT2D eigenvalue weighted by Crippen LogP contribution is -2.57. The second kappa shape index (κ2) is 8.11. The minimum Gasteiger partial charge on any atom is -0.465 e. The zero-order chi connectivity index (χ0) is 16.7. The molecule has 5 nitrogen and oxygen atoms in total. The molecular weight excluding hydrogens is 292 g/mol. The van der Waals surface area contributed by atoms with E-state index in [0.29, 0.717) is 26.0 Å². The summed E-state index contributed by atoms with van der Waals surface area (Å²) in [7, 11) is 0. The second-order valence-electron chi connectivity index (χ2n) is 6.17. The lowest BCUT2D eigenvalue weighted by atomic mass is 9.81. The predicted octanol–water partition coefficient (Wildman–Crippen LogP) is 2.24. The van der Waals surface area contributed by atoms with Crippen LogP contribution >= 0.6 is 0 Å². The highest BCUT2D eigenvalue weighted by Gasteiger charge is 2.39. The SMILES string of the molecule is CCOC(=O)CN(Cc1ccccc1)C(=O)C1(N)CCCCC1. The molecule has 0 aromatic heterocycles. The van der Waals surface area contributed by atoms with E-state index < -0.39 is 11.5 Å². The maximum Gasteiger partial charge on any atom is 0.325 e. The minimum atomic E-state index is -0.848. The molecular formula is C18H26N2O3. The first-order chi connectivity index (χ1) is 11.0. The van der Waals surface area contributed by atoms with Gasteiger partial charge in [0, 0.05) is 6.54 Å². The Hall–Kier alpha value is -1.88. The van der Waals surface area contributed by atoms with Gasteiger partial charge in [-0.25, -0.2) is 0 Å². The molecule has 0 saturated heterocycles. The van der Waals surface area contributed by atoms with E-state index in [-0.39, 0.29) is 12.5 Å². The largest absolute Gasteiger partial charge is 0.465 e. The van der Waals surface area contributed by atoms with Crippen LogP contribution in [0, 0.1) is 0 Å². The Morgan fingerprint density at radius 3 is 2.43 bits per heavy atom. The van der Waals surface area contributed by atoms with E-state index >= 15 is 0 Å². The van der Waals surface area contributed by atoms with Crippen LogP contribution in [0.4, 0.5) is 0 Å². The summed E-state index contributed by atoms with van der Waals surface area (Å²) in [6.07, 6.45) is 4.39. The van der Waals surface area contributed by atoms with Crippen molar-refractivity contribution < 1.29 is 14.3 Å². The van der Waals surface area contributed by atoms with Gasteiger partial charge in [-0.3, -0.25) is 9.59 Å². The number of rotatable bonds is 6. The molecule has 0 heterocycles. The lowest BCUT2D eigenvalue weighted by molar-refractivity contribution is -0.151. The number of nitrogens with zero attached hydrogens (tertiary/aromatic N) is 1. The number of ether oxygens (including phenoxy) is 1. The van der Waals surface area contributed by atoms with E-state index in [1.54, 1.807) is 11.8 Å². The van der Waals surface area contributed by atoms with Crippen molar-refractivity contribution in [3.05, 3.63) is 35.9 Å². The Balaban J connectivity index is 2.14. The van der Waals surface area contributed by atoms with Gasteiger partial charge in [-0.15, -0.1) is 0 Å². The summed E-state index contributed by atoms with van der Waals surface area (Å²) in [4.78, 5) is 26.4. The number of benzene rings is 1. The fraction of sp³-hybridized carbons (Fsp3) is 0.556. The van der Waals surface area contributed by atoms with E-state index in [1.165, 1.54) is 0 Å². The Bertz CT molecular complexity index is 524. The molecule has 1 aromatic carbocycles. The molecule has 0 unspecified atom stereocenters. The summed E-state index contributed by atoms with van der Waals surface area (Å²) in [6.45, 7) is 2.38. The normalized spacial score (nSPS) is 16.6. The molecule has 126 valence electrons. The number of carbonyl (C=O) groups excluding carboxylic acids is 2. The zero-order valence-corrected chi connectivity index (χ0v) is 13.8. The molecule has 5 heteroatoms. The van der Waals surface area contributed by atoms with Gasteiger partial charge in [-0.2, -0.15) is 0 Å². The molecule has 23 heavy (non-hydrogen) atoms. The van der Waals surface area contributed by atoms with Crippen LogP contribution in [-0.4, -0.2) is 35.5 Å². The van der Waals surface area contributed by atoms with Gasteiger partial charge in [0.25, 0.3) is 0 Å². The fourth-order valence-corrected chi connectivity index (χ4v) is 3.08. The van der Waals surface area contributed by atoms with Gasteiger partial charge in [-0.05, 0) is 25.3 Å². The van der Waals surface area contributed by atoms with Crippen molar-refractivity contribution in [2.75, 3.05) is 13.2 Å². The van der Waals surface area contributed by atoms with Crippen molar-refractivity contribution in [2.45, 2.75) is 51.1 Å². The topological polar surface area (TPSA) is 72.6 Å². The number of esters is 1. The Labute approximate surface area is 137 Å². The molecule has 0 atom stereocenters. The van der Waals surface area contributed by atoms with Crippen LogP contribution in [-0.2, 0) is 20.9 Å². The van der Waals surface area contributed by atoms with Crippen LogP contribution in [0.5, 0.6) is 0 Å². The summed E-state index contributed by atoms with van der Waals surface area (Å²) in [6, 6.07) is 9.64. The maximum absolute atomic E-state index is 13.0. The van der Waals surface area contributed by atoms with Crippen molar-refractivity contribution in [1.82, 2.24) is 4.90 Å². The van der Waals surface area contributed by atoms with Gasteiger partial charge < -0.3 is 15.4 Å². The van der Waals surface area contributed by atoms with E-state index in [1.807, 2.05) is 30.3 Å². The molecule has 1 aromatic rings. The highest BCUT2D eigenvalue weighted by atomic mass is 16.5. The number of nitrogens with two attached hydrogens (primary N) is 1. The number of amides is 1. The minimum absolute atomic E-state index is 0.0550. The summed E-state index contributed by atoms with van der Waals surface area (Å²) < 4.78 is 5.01. The van der Waals surface area contributed by atoms with Gasteiger partial charge in [0.05, 0.1) is 12.1 Å². The van der Waals surface area contributed by atoms with Gasteiger partial charge >= 0.3 is 5.97 Å². The predicted molar refractivity (Wildman–Crippen MR) is 88.5 cm³/mol. The first kappa shape index (κ1) is 17.5. The van der Waals surface area contributed by atoms with E-state index in [0.717, 1.165) is 24.8 Å². The summed E-state index contributed by atoms with van der Waals surface area (Å²) >= 11 is 0. The molecule has 2 rings (SSSR count). The smallest absolute Gasteiger partial charge is 0.325 e. The van der Waals surface area contributed by atoms with Crippen molar-refractivity contribution in [1.29, 1.82) is 0 Å². The molecule has 1 fully saturated rings. The van der Waals surface area contributed by atoms with Crippen LogP contribution in [0.1, 0.15) is 44.6 Å². The Kier molecular flexibility index (Phi) is 6.16. The van der Waals surface area contributed by atoms with Crippen LogP contribution < -0.4 is 5.73 Å². The van der Waals surface area contributed by atoms with Crippen LogP contribution in [0.25, 0.3) is 0 Å². The molecule has 0 aliphatic heterocycles. The Morgan fingerprint density at radius 1 is 1.17 bits per heavy atom. The molecule has 1 aliphatic carbocycles. The second-order valence-corrected chi connectivity index (χ2v) is 6.17. The van der Waals surface area contributed by atoms with Gasteiger partial charge in [-0.1, -0.05) is 49.6 Å². The number of carbonyl (C=O) groups is 2. The average Bonchev–Trinajstić information content (AvgIpc) is 2.55. The van der Waals surface area contributed by atoms with E-state index in [9.17, 15) is 9.59 Å². The van der Waals surface area contributed by atoms with Crippen molar-refractivity contribution in [2.24, 2.45) is 5.73 Å². The van der Waals surface area contributed by atoms with Crippen molar-refractivity contribution in [3.63, 3.8) is 0 Å². The van der Waals surface area contributed by atoms with Crippen LogP contribution in [0.3, 0.4) is 0 Å². The third-order valence-electron chi connectivity index (χ3n) is 4.30. The monoisotopic (exact) mass is 318 g/mol. The van der Waals surface area contributed by atoms with E-state index in [2.05, 4.69) is 0 Å². The first-order valence-electron chi connectivity index (χ1n) is 8.33. The Morgan fingerprint density at radius 2 is 1.83 bits per heavy atom. The van der Waals surface area contributed by atoms with Gasteiger partial charge in [0.15, 0.2) is 0 Å². The molecule has 1 aliphatic rings. The van der Waals surface area contributed by atoms with Crippen LogP contribution in [0.15, 0.2) is 30.3 Å². The lowest BCUT2D eigenvalue weighted by Gasteiger charge is -2.36. The number of hydrogen-bond acceptors (Lipinski definition) is 4. The number of hydrogen-bond donors (Lipinski definition) is 1. The molecule has 1 saturated carbocycles. The molecule has 0 bridgehead atoms. The third kappa shape index (κ3) is 4.79. The summed E-state index contributed by atoms with van der Waals surface area (Å²) in [5.74, 6) is -0.537. The van der Waals surface area contributed by atoms with Crippen molar-refractivity contribution in [3.8, 4) is 0 Å². The maximum atomic E-state index is 13.0. The van der Waals surface area contributed by atoms with E-state index in [4.69, 9.17) is 10.5 Å². The highest BCUT2D eigenvalue weighted by Crippen LogP contribution is 2.28. The van der Waals surface area contributed by atoms with Crippen LogP contribution in [0.2, 0.25) is 0 Å². The standard InChI is InChI=1S/C18H26N2O3/c1-2-23-16(21)14-20(13-15-9-5-3-6-10-15)17(22)18(19)11-7-4-8-12-18/h3,5-6,9-10H,2,4,7-8,11-14,19H2,1H3. The van der Waals surface area contributed by atoms with Gasteiger partial charge in [0.2, 0.25) is 5.91 Å². The highest BCUT2D eigenvalue weighted by molar-refractivity contribution is 5.89. The average molecular weight is 318 g/mol. The third-order valence-corrected chi connectivity index (χ3v) is 4.30. The summed E-state index contributed by atoms with van der Waals surface area (Å²) in [5.41, 5.74) is 6.49. The molecule has 0 spiro atoms. The zero-order valence-electron chi connectivity index (χ0n) is 13.8. The van der Waals surface area contributed by atoms with Gasteiger partial charge in [0.1, 0.15) is 6.54 Å². The molecule has 0 radical (unpaired) electrons. The first-order valence-corrected chi connectivity index (χ1v) is 8.33. The summed E-state index contributed by atoms with van der Waals surface area (Å²) in [5, 5.41) is 0. The quantitative estimate of drug-likeness (QED) is 0.817. The molecule has 1 amide bonds. The fourth-order valence-electron chi connectivity index (χ4n) is 3.08. The van der Waals surface area contributed by atoms with Crippen molar-refractivity contribution >= 4 is 11.9 Å².